The fraction of sp³-hybridized carbons (Fsp3) is 0.545. The van der Waals surface area contributed by atoms with Crippen LogP contribution in [0.2, 0.25) is 5.02 Å². The van der Waals surface area contributed by atoms with Gasteiger partial charge in [-0.3, -0.25) is 14.5 Å². The number of hydrogen-bond donors (Lipinski definition) is 0. The Morgan fingerprint density at radius 2 is 1.53 bits per heavy atom. The normalized spacial score (nSPS) is 20.8. The number of anilines is 1. The molecule has 0 aromatic heterocycles. The van der Waals surface area contributed by atoms with Crippen molar-refractivity contribution < 1.29 is 32.3 Å². The number of ether oxygens (including phenoxy) is 1. The second kappa shape index (κ2) is 13.6. The number of nitrogens with zero attached hydrogens (tertiary/aromatic N) is 4. The lowest BCUT2D eigenvalue weighted by Gasteiger charge is -2.33. The number of aryl methyl sites for hydroxylation is 3. The van der Waals surface area contributed by atoms with Crippen LogP contribution in [0.4, 0.5) is 23.7 Å². The van der Waals surface area contributed by atoms with Gasteiger partial charge in [0.2, 0.25) is 0 Å². The highest BCUT2D eigenvalue weighted by Gasteiger charge is 2.44. The Bertz CT molecular complexity index is 1390. The third-order valence-corrected chi connectivity index (χ3v) is 9.73. The summed E-state index contributed by atoms with van der Waals surface area (Å²) in [7, 11) is 0. The minimum absolute atomic E-state index is 0.107. The van der Waals surface area contributed by atoms with Crippen LogP contribution in [0.1, 0.15) is 46.3 Å². The standard InChI is InChI=1S/C33H40ClF3N4O4/c1-21-8-9-26(16-28(21)34)41(32(44)45-27-10-14-39(15-11-27)31(43)33(35,36)37)13-5-12-38-17-24-19-40(20-25(24)18-38)30(42)29-22(2)6-4-7-23(29)3/h4,6-9,16,24-25,27H,5,10-15,17-20H2,1-3H3. The highest BCUT2D eigenvalue weighted by Crippen LogP contribution is 2.33. The maximum atomic E-state index is 13.4. The Balaban J connectivity index is 1.14. The molecule has 12 heteroatoms. The summed E-state index contributed by atoms with van der Waals surface area (Å²) in [6.45, 7) is 9.95. The maximum absolute atomic E-state index is 13.4. The number of halogens is 4. The van der Waals surface area contributed by atoms with Gasteiger partial charge in [-0.2, -0.15) is 13.2 Å². The highest BCUT2D eigenvalue weighted by molar-refractivity contribution is 6.31. The van der Waals surface area contributed by atoms with Crippen molar-refractivity contribution in [2.75, 3.05) is 57.3 Å². The van der Waals surface area contributed by atoms with Crippen LogP contribution in [0.15, 0.2) is 36.4 Å². The predicted molar refractivity (Wildman–Crippen MR) is 166 cm³/mol. The first kappa shape index (κ1) is 33.1. The van der Waals surface area contributed by atoms with Gasteiger partial charge in [0.1, 0.15) is 6.10 Å². The van der Waals surface area contributed by atoms with Gasteiger partial charge in [-0.25, -0.2) is 4.79 Å². The number of carbonyl (C=O) groups excluding carboxylic acids is 3. The van der Waals surface area contributed by atoms with Gasteiger partial charge in [-0.1, -0.05) is 35.9 Å². The van der Waals surface area contributed by atoms with E-state index in [2.05, 4.69) is 4.90 Å². The van der Waals surface area contributed by atoms with Crippen molar-refractivity contribution >= 4 is 35.2 Å². The van der Waals surface area contributed by atoms with Gasteiger partial charge in [-0.15, -0.1) is 0 Å². The summed E-state index contributed by atoms with van der Waals surface area (Å²) in [5, 5.41) is 0.511. The summed E-state index contributed by atoms with van der Waals surface area (Å²) >= 11 is 6.38. The molecule has 3 fully saturated rings. The first-order valence-corrected chi connectivity index (χ1v) is 15.9. The molecule has 0 spiro atoms. The van der Waals surface area contributed by atoms with Crippen molar-refractivity contribution in [2.24, 2.45) is 11.8 Å². The summed E-state index contributed by atoms with van der Waals surface area (Å²) < 4.78 is 44.2. The van der Waals surface area contributed by atoms with E-state index in [4.69, 9.17) is 16.3 Å². The number of alkyl halides is 3. The maximum Gasteiger partial charge on any atom is 0.471 e. The quantitative estimate of drug-likeness (QED) is 0.376. The predicted octanol–water partition coefficient (Wildman–Crippen LogP) is 5.86. The molecule has 0 saturated carbocycles. The molecule has 3 amide bonds. The molecule has 5 rings (SSSR count). The summed E-state index contributed by atoms with van der Waals surface area (Å²) in [5.74, 6) is -0.944. The van der Waals surface area contributed by atoms with Crippen LogP contribution in [-0.4, -0.2) is 97.2 Å². The van der Waals surface area contributed by atoms with E-state index in [1.54, 1.807) is 12.1 Å². The smallest absolute Gasteiger partial charge is 0.446 e. The summed E-state index contributed by atoms with van der Waals surface area (Å²) in [5.41, 5.74) is 4.25. The summed E-state index contributed by atoms with van der Waals surface area (Å²) in [6, 6.07) is 11.3. The molecule has 0 radical (unpaired) electrons. The van der Waals surface area contributed by atoms with Crippen molar-refractivity contribution in [3.63, 3.8) is 0 Å². The molecule has 0 aliphatic carbocycles. The number of likely N-dealkylation sites (tertiary alicyclic amines) is 3. The first-order chi connectivity index (χ1) is 21.3. The lowest BCUT2D eigenvalue weighted by Crippen LogP contribution is -2.47. The van der Waals surface area contributed by atoms with Crippen LogP contribution < -0.4 is 4.90 Å². The number of rotatable bonds is 7. The molecule has 3 heterocycles. The third kappa shape index (κ3) is 7.57. The van der Waals surface area contributed by atoms with Gasteiger partial charge in [0, 0.05) is 74.9 Å². The topological polar surface area (TPSA) is 73.4 Å². The third-order valence-electron chi connectivity index (χ3n) is 9.33. The van der Waals surface area contributed by atoms with E-state index in [1.165, 1.54) is 4.90 Å². The Labute approximate surface area is 267 Å². The number of benzene rings is 2. The Hall–Kier alpha value is -3.31. The zero-order valence-electron chi connectivity index (χ0n) is 25.9. The molecule has 0 N–H and O–H groups in total. The number of piperidine rings is 1. The molecule has 2 aromatic rings. The second-order valence-corrected chi connectivity index (χ2v) is 13.0. The highest BCUT2D eigenvalue weighted by atomic mass is 35.5. The molecule has 3 aliphatic heterocycles. The van der Waals surface area contributed by atoms with E-state index in [1.807, 2.05) is 49.9 Å². The molecule has 0 bridgehead atoms. The van der Waals surface area contributed by atoms with E-state index < -0.39 is 24.3 Å². The molecular formula is C33H40ClF3N4O4. The van der Waals surface area contributed by atoms with Crippen LogP contribution in [0, 0.1) is 32.6 Å². The van der Waals surface area contributed by atoms with Gasteiger partial charge in [0.25, 0.3) is 5.91 Å². The van der Waals surface area contributed by atoms with Crippen molar-refractivity contribution in [3.8, 4) is 0 Å². The van der Waals surface area contributed by atoms with Crippen LogP contribution in [0.25, 0.3) is 0 Å². The van der Waals surface area contributed by atoms with Crippen molar-refractivity contribution in [2.45, 2.75) is 52.3 Å². The molecule has 2 atom stereocenters. The average Bonchev–Trinajstić information content (AvgIpc) is 3.55. The first-order valence-electron chi connectivity index (χ1n) is 15.5. The van der Waals surface area contributed by atoms with E-state index >= 15 is 0 Å². The Morgan fingerprint density at radius 3 is 2.11 bits per heavy atom. The second-order valence-electron chi connectivity index (χ2n) is 12.6. The van der Waals surface area contributed by atoms with Gasteiger partial charge in [0.15, 0.2) is 0 Å². The fourth-order valence-electron chi connectivity index (χ4n) is 6.84. The number of amides is 3. The van der Waals surface area contributed by atoms with Crippen molar-refractivity contribution in [3.05, 3.63) is 63.7 Å². The van der Waals surface area contributed by atoms with Crippen LogP contribution >= 0.6 is 11.6 Å². The molecule has 2 aromatic carbocycles. The van der Waals surface area contributed by atoms with Crippen LogP contribution in [-0.2, 0) is 9.53 Å². The Kier molecular flexibility index (Phi) is 9.98. The lowest BCUT2D eigenvalue weighted by atomic mass is 10.0. The monoisotopic (exact) mass is 648 g/mol. The van der Waals surface area contributed by atoms with Crippen molar-refractivity contribution in [1.82, 2.24) is 14.7 Å². The molecule has 244 valence electrons. The number of carbonyl (C=O) groups is 3. The Morgan fingerprint density at radius 1 is 0.911 bits per heavy atom. The summed E-state index contributed by atoms with van der Waals surface area (Å²) in [6.07, 6.45) is -5.16. The van der Waals surface area contributed by atoms with Gasteiger partial charge in [-0.05, 0) is 74.4 Å². The zero-order chi connectivity index (χ0) is 32.5. The van der Waals surface area contributed by atoms with E-state index in [-0.39, 0.29) is 31.8 Å². The minimum Gasteiger partial charge on any atom is -0.446 e. The van der Waals surface area contributed by atoms with Gasteiger partial charge < -0.3 is 19.4 Å². The van der Waals surface area contributed by atoms with E-state index in [9.17, 15) is 27.6 Å². The van der Waals surface area contributed by atoms with Gasteiger partial charge >= 0.3 is 18.2 Å². The van der Waals surface area contributed by atoms with Crippen LogP contribution in [0.3, 0.4) is 0 Å². The molecule has 8 nitrogen and oxygen atoms in total. The molecule has 3 aliphatic rings. The van der Waals surface area contributed by atoms with E-state index in [0.29, 0.717) is 35.5 Å². The van der Waals surface area contributed by atoms with E-state index in [0.717, 1.165) is 59.9 Å². The fourth-order valence-corrected chi connectivity index (χ4v) is 7.01. The molecule has 2 unspecified atom stereocenters. The molecular weight excluding hydrogens is 609 g/mol. The number of hydrogen-bond acceptors (Lipinski definition) is 5. The zero-order valence-corrected chi connectivity index (χ0v) is 26.7. The molecule has 3 saturated heterocycles. The number of fused-ring (bicyclic) bond motifs is 1. The largest absolute Gasteiger partial charge is 0.471 e. The SMILES string of the molecule is Cc1ccc(N(CCCN2CC3CN(C(=O)c4c(C)cccc4C)CC3C2)C(=O)OC2CCN(C(=O)C(F)(F)F)CC2)cc1Cl. The minimum atomic E-state index is -4.92. The van der Waals surface area contributed by atoms with Crippen molar-refractivity contribution in [1.29, 1.82) is 0 Å². The lowest BCUT2D eigenvalue weighted by molar-refractivity contribution is -0.187. The van der Waals surface area contributed by atoms with Gasteiger partial charge in [0.05, 0.1) is 0 Å². The summed E-state index contributed by atoms with van der Waals surface area (Å²) in [4.78, 5) is 44.9. The average molecular weight is 649 g/mol. The van der Waals surface area contributed by atoms with Crippen LogP contribution in [0.5, 0.6) is 0 Å². The molecule has 45 heavy (non-hydrogen) atoms.